The van der Waals surface area contributed by atoms with E-state index in [4.69, 9.17) is 12.2 Å². The summed E-state index contributed by atoms with van der Waals surface area (Å²) in [6.45, 7) is 0. The van der Waals surface area contributed by atoms with E-state index in [0.29, 0.717) is 14.8 Å². The second-order valence-electron chi connectivity index (χ2n) is 4.71. The zero-order valence-corrected chi connectivity index (χ0v) is 13.6. The normalized spacial score (nSPS) is 16.7. The summed E-state index contributed by atoms with van der Waals surface area (Å²) in [6.07, 6.45) is 3.21. The number of carbonyl (C=O) groups is 1. The molecule has 0 spiro atoms. The third-order valence-corrected chi connectivity index (χ3v) is 4.40. The molecule has 0 saturated carbocycles. The molecule has 0 aliphatic carbocycles. The predicted octanol–water partition coefficient (Wildman–Crippen LogP) is 3.63. The topological polar surface area (TPSA) is 52.9 Å². The lowest BCUT2D eigenvalue weighted by molar-refractivity contribution is -0.122. The van der Waals surface area contributed by atoms with Crippen LogP contribution in [0.3, 0.4) is 0 Å². The summed E-state index contributed by atoms with van der Waals surface area (Å²) >= 11 is 6.42. The van der Waals surface area contributed by atoms with E-state index in [1.165, 1.54) is 23.0 Å². The van der Waals surface area contributed by atoms with Gasteiger partial charge >= 0.3 is 0 Å². The highest BCUT2D eigenvalue weighted by atomic mass is 32.2. The third kappa shape index (κ3) is 3.49. The number of hydrogen-bond acceptors (Lipinski definition) is 5. The standard InChI is InChI=1S/C17H12N2O2S2/c20-14-9-5-4-8-13(14)11-18-19-16(21)15(23-17(19)22)10-12-6-2-1-3-7-12/h1-11,20H/b15-10-,18-11+. The molecule has 2 aromatic rings. The van der Waals surface area contributed by atoms with E-state index in [1.807, 2.05) is 30.3 Å². The molecule has 1 aliphatic heterocycles. The number of benzene rings is 2. The Kier molecular flexibility index (Phi) is 4.55. The zero-order chi connectivity index (χ0) is 16.2. The first kappa shape index (κ1) is 15.5. The highest BCUT2D eigenvalue weighted by molar-refractivity contribution is 8.26. The second-order valence-corrected chi connectivity index (χ2v) is 6.38. The van der Waals surface area contributed by atoms with Gasteiger partial charge in [0, 0.05) is 5.56 Å². The zero-order valence-electron chi connectivity index (χ0n) is 11.9. The number of para-hydroxylation sites is 1. The summed E-state index contributed by atoms with van der Waals surface area (Å²) in [5, 5.41) is 15.0. The highest BCUT2D eigenvalue weighted by Gasteiger charge is 2.32. The maximum absolute atomic E-state index is 12.4. The van der Waals surface area contributed by atoms with Crippen molar-refractivity contribution in [1.82, 2.24) is 5.01 Å². The van der Waals surface area contributed by atoms with Crippen LogP contribution in [0, 0.1) is 0 Å². The number of amides is 1. The number of thiocarbonyl (C=S) groups is 1. The highest BCUT2D eigenvalue weighted by Crippen LogP contribution is 2.32. The van der Waals surface area contributed by atoms with Crippen LogP contribution in [0.1, 0.15) is 11.1 Å². The van der Waals surface area contributed by atoms with Crippen LogP contribution in [0.2, 0.25) is 0 Å². The van der Waals surface area contributed by atoms with Gasteiger partial charge in [-0.05, 0) is 36.0 Å². The largest absolute Gasteiger partial charge is 0.507 e. The predicted molar refractivity (Wildman–Crippen MR) is 97.2 cm³/mol. The first-order valence-corrected chi connectivity index (χ1v) is 8.02. The molecule has 0 atom stereocenters. The van der Waals surface area contributed by atoms with Crippen molar-refractivity contribution in [3.05, 3.63) is 70.6 Å². The van der Waals surface area contributed by atoms with Crippen LogP contribution in [0.4, 0.5) is 0 Å². The maximum Gasteiger partial charge on any atom is 0.286 e. The number of hydrazone groups is 1. The number of hydrogen-bond donors (Lipinski definition) is 1. The van der Waals surface area contributed by atoms with Crippen LogP contribution in [-0.2, 0) is 4.79 Å². The Balaban J connectivity index is 1.82. The molecular formula is C17H12N2O2S2. The van der Waals surface area contributed by atoms with Crippen molar-refractivity contribution in [3.8, 4) is 5.75 Å². The molecule has 1 fully saturated rings. The van der Waals surface area contributed by atoms with E-state index in [-0.39, 0.29) is 11.7 Å². The molecule has 0 unspecified atom stereocenters. The Morgan fingerprint density at radius 2 is 1.78 bits per heavy atom. The molecule has 0 bridgehead atoms. The minimum atomic E-state index is -0.268. The summed E-state index contributed by atoms with van der Waals surface area (Å²) in [4.78, 5) is 12.9. The van der Waals surface area contributed by atoms with E-state index in [0.717, 1.165) is 5.56 Å². The van der Waals surface area contributed by atoms with Gasteiger partial charge in [0.25, 0.3) is 5.91 Å². The fraction of sp³-hybridized carbons (Fsp3) is 0. The van der Waals surface area contributed by atoms with Crippen LogP contribution in [0.25, 0.3) is 6.08 Å². The fourth-order valence-corrected chi connectivity index (χ4v) is 3.15. The van der Waals surface area contributed by atoms with E-state index < -0.39 is 0 Å². The molecule has 114 valence electrons. The third-order valence-electron chi connectivity index (χ3n) is 3.12. The summed E-state index contributed by atoms with van der Waals surface area (Å²) in [6, 6.07) is 16.3. The Hall–Kier alpha value is -2.44. The summed E-state index contributed by atoms with van der Waals surface area (Å²) in [7, 11) is 0. The smallest absolute Gasteiger partial charge is 0.286 e. The Labute approximate surface area is 143 Å². The number of carbonyl (C=O) groups excluding carboxylic acids is 1. The van der Waals surface area contributed by atoms with Crippen LogP contribution >= 0.6 is 24.0 Å². The van der Waals surface area contributed by atoms with Gasteiger partial charge in [0.05, 0.1) is 11.1 Å². The van der Waals surface area contributed by atoms with E-state index >= 15 is 0 Å². The second kappa shape index (κ2) is 6.76. The van der Waals surface area contributed by atoms with Gasteiger partial charge in [-0.25, -0.2) is 0 Å². The molecule has 1 heterocycles. The van der Waals surface area contributed by atoms with Crippen molar-refractivity contribution in [1.29, 1.82) is 0 Å². The van der Waals surface area contributed by atoms with E-state index in [2.05, 4.69) is 5.10 Å². The number of rotatable bonds is 3. The molecule has 3 rings (SSSR count). The molecule has 23 heavy (non-hydrogen) atoms. The maximum atomic E-state index is 12.4. The van der Waals surface area contributed by atoms with Crippen molar-refractivity contribution in [2.75, 3.05) is 0 Å². The average Bonchev–Trinajstić information content (AvgIpc) is 2.82. The molecule has 1 saturated heterocycles. The first-order chi connectivity index (χ1) is 11.1. The molecule has 4 nitrogen and oxygen atoms in total. The summed E-state index contributed by atoms with van der Waals surface area (Å²) < 4.78 is 0.365. The lowest BCUT2D eigenvalue weighted by Crippen LogP contribution is -2.22. The van der Waals surface area contributed by atoms with Gasteiger partial charge in [-0.1, -0.05) is 54.2 Å². The van der Waals surface area contributed by atoms with Crippen molar-refractivity contribution < 1.29 is 9.90 Å². The van der Waals surface area contributed by atoms with Gasteiger partial charge in [0.1, 0.15) is 5.75 Å². The minimum Gasteiger partial charge on any atom is -0.507 e. The van der Waals surface area contributed by atoms with Crippen LogP contribution in [-0.4, -0.2) is 26.6 Å². The lowest BCUT2D eigenvalue weighted by atomic mass is 10.2. The van der Waals surface area contributed by atoms with Crippen molar-refractivity contribution in [2.45, 2.75) is 0 Å². The van der Waals surface area contributed by atoms with Gasteiger partial charge in [-0.2, -0.15) is 10.1 Å². The van der Waals surface area contributed by atoms with Crippen LogP contribution < -0.4 is 0 Å². The number of phenolic OH excluding ortho intramolecular Hbond substituents is 1. The SMILES string of the molecule is O=C1/C(=C/c2ccccc2)SC(=S)N1/N=C/c1ccccc1O. The van der Waals surface area contributed by atoms with Gasteiger partial charge in [0.2, 0.25) is 0 Å². The Morgan fingerprint density at radius 3 is 2.52 bits per heavy atom. The summed E-state index contributed by atoms with van der Waals surface area (Å²) in [5.74, 6) is -0.169. The van der Waals surface area contributed by atoms with Crippen LogP contribution in [0.5, 0.6) is 5.75 Å². The van der Waals surface area contributed by atoms with Crippen LogP contribution in [0.15, 0.2) is 64.6 Å². The average molecular weight is 340 g/mol. The number of thioether (sulfide) groups is 1. The number of aromatic hydroxyl groups is 1. The Bertz CT molecular complexity index is 816. The number of nitrogens with zero attached hydrogens (tertiary/aromatic N) is 2. The van der Waals surface area contributed by atoms with Gasteiger partial charge in [-0.15, -0.1) is 0 Å². The van der Waals surface area contributed by atoms with Gasteiger partial charge < -0.3 is 5.11 Å². The van der Waals surface area contributed by atoms with Crippen molar-refractivity contribution >= 4 is 46.5 Å². The molecule has 0 aromatic heterocycles. The Morgan fingerprint density at radius 1 is 1.09 bits per heavy atom. The molecule has 1 amide bonds. The van der Waals surface area contributed by atoms with Crippen molar-refractivity contribution in [2.24, 2.45) is 5.10 Å². The quantitative estimate of drug-likeness (QED) is 0.527. The molecule has 6 heteroatoms. The molecule has 1 aliphatic rings. The molecule has 1 N–H and O–H groups in total. The lowest BCUT2D eigenvalue weighted by Gasteiger charge is -2.06. The van der Waals surface area contributed by atoms with Gasteiger partial charge in [0.15, 0.2) is 4.32 Å². The minimum absolute atomic E-state index is 0.0986. The molecule has 2 aromatic carbocycles. The number of phenols is 1. The van der Waals surface area contributed by atoms with Gasteiger partial charge in [-0.3, -0.25) is 4.79 Å². The molecular weight excluding hydrogens is 328 g/mol. The molecule has 0 radical (unpaired) electrons. The first-order valence-electron chi connectivity index (χ1n) is 6.80. The van der Waals surface area contributed by atoms with E-state index in [9.17, 15) is 9.90 Å². The van der Waals surface area contributed by atoms with Crippen molar-refractivity contribution in [3.63, 3.8) is 0 Å². The summed E-state index contributed by atoms with van der Waals surface area (Å²) in [5.41, 5.74) is 1.45. The monoisotopic (exact) mass is 340 g/mol. The fourth-order valence-electron chi connectivity index (χ4n) is 1.98. The van der Waals surface area contributed by atoms with E-state index in [1.54, 1.807) is 30.3 Å².